The summed E-state index contributed by atoms with van der Waals surface area (Å²) in [4.78, 5) is 10.5. The monoisotopic (exact) mass is 194 g/mol. The number of rotatable bonds is 2. The third-order valence-corrected chi connectivity index (χ3v) is 2.26. The molecule has 0 aromatic heterocycles. The van der Waals surface area contributed by atoms with Crippen LogP contribution in [0, 0.1) is 0 Å². The van der Waals surface area contributed by atoms with Gasteiger partial charge in [-0.15, -0.1) is 0 Å². The number of fused-ring (bicyclic) bond motifs is 1. The van der Waals surface area contributed by atoms with E-state index in [1.54, 1.807) is 18.2 Å². The number of carboxylic acids is 1. The van der Waals surface area contributed by atoms with Crippen molar-refractivity contribution < 1.29 is 19.7 Å². The molecule has 1 atom stereocenters. The summed E-state index contributed by atoms with van der Waals surface area (Å²) in [5.41, 5.74) is 1.37. The zero-order valence-electron chi connectivity index (χ0n) is 7.43. The molecule has 0 saturated heterocycles. The summed E-state index contributed by atoms with van der Waals surface area (Å²) in [7, 11) is 0. The van der Waals surface area contributed by atoms with Gasteiger partial charge in [0.15, 0.2) is 6.10 Å². The van der Waals surface area contributed by atoms with Crippen LogP contribution in [0.3, 0.4) is 0 Å². The maximum Gasteiger partial charge on any atom is 0.337 e. The highest BCUT2D eigenvalue weighted by atomic mass is 16.5. The summed E-state index contributed by atoms with van der Waals surface area (Å²) in [5.74, 6) is -0.449. The lowest BCUT2D eigenvalue weighted by Gasteiger charge is -2.06. The van der Waals surface area contributed by atoms with Crippen LogP contribution in [0.1, 0.15) is 17.2 Å². The fourth-order valence-electron chi connectivity index (χ4n) is 1.52. The van der Waals surface area contributed by atoms with E-state index < -0.39 is 12.1 Å². The fraction of sp³-hybridized carbons (Fsp3) is 0.300. The highest BCUT2D eigenvalue weighted by Crippen LogP contribution is 2.28. The average molecular weight is 194 g/mol. The van der Waals surface area contributed by atoms with E-state index in [2.05, 4.69) is 0 Å². The molecule has 1 aliphatic rings. The second-order valence-electron chi connectivity index (χ2n) is 3.21. The van der Waals surface area contributed by atoms with Crippen LogP contribution in [0.15, 0.2) is 18.2 Å². The molecule has 2 rings (SSSR count). The molecule has 4 nitrogen and oxygen atoms in total. The molecule has 1 heterocycles. The van der Waals surface area contributed by atoms with E-state index in [9.17, 15) is 9.90 Å². The summed E-state index contributed by atoms with van der Waals surface area (Å²) in [6.45, 7) is 0.627. The van der Waals surface area contributed by atoms with E-state index in [-0.39, 0.29) is 0 Å². The van der Waals surface area contributed by atoms with E-state index in [1.807, 2.05) is 0 Å². The van der Waals surface area contributed by atoms with E-state index in [0.717, 1.165) is 17.7 Å². The molecule has 2 N–H and O–H groups in total. The molecule has 74 valence electrons. The first-order valence-corrected chi connectivity index (χ1v) is 4.35. The Morgan fingerprint density at radius 3 is 3.00 bits per heavy atom. The second-order valence-corrected chi connectivity index (χ2v) is 3.21. The van der Waals surface area contributed by atoms with Gasteiger partial charge >= 0.3 is 5.97 Å². The number of aliphatic hydroxyl groups excluding tert-OH is 1. The summed E-state index contributed by atoms with van der Waals surface area (Å²) >= 11 is 0. The second kappa shape index (κ2) is 3.31. The summed E-state index contributed by atoms with van der Waals surface area (Å²) in [5, 5.41) is 17.9. The minimum atomic E-state index is -1.44. The highest BCUT2D eigenvalue weighted by Gasteiger charge is 2.19. The zero-order valence-corrected chi connectivity index (χ0v) is 7.43. The Morgan fingerprint density at radius 1 is 1.50 bits per heavy atom. The van der Waals surface area contributed by atoms with Crippen molar-refractivity contribution in [1.29, 1.82) is 0 Å². The predicted molar refractivity (Wildman–Crippen MR) is 48.2 cm³/mol. The highest BCUT2D eigenvalue weighted by molar-refractivity contribution is 5.74. The third kappa shape index (κ3) is 1.44. The summed E-state index contributed by atoms with van der Waals surface area (Å²) in [6.07, 6.45) is -0.670. The van der Waals surface area contributed by atoms with Gasteiger partial charge in [0.05, 0.1) is 6.61 Å². The van der Waals surface area contributed by atoms with Crippen molar-refractivity contribution >= 4 is 5.97 Å². The van der Waals surface area contributed by atoms with Gasteiger partial charge in [-0.2, -0.15) is 0 Å². The largest absolute Gasteiger partial charge is 0.493 e. The smallest absolute Gasteiger partial charge is 0.337 e. The van der Waals surface area contributed by atoms with Crippen molar-refractivity contribution in [2.45, 2.75) is 12.5 Å². The number of carbonyl (C=O) groups is 1. The number of ether oxygens (including phenoxy) is 1. The van der Waals surface area contributed by atoms with Gasteiger partial charge in [0.1, 0.15) is 5.75 Å². The molecule has 0 amide bonds. The van der Waals surface area contributed by atoms with Crippen molar-refractivity contribution in [3.8, 4) is 5.75 Å². The van der Waals surface area contributed by atoms with Crippen LogP contribution in [0.25, 0.3) is 0 Å². The lowest BCUT2D eigenvalue weighted by molar-refractivity contribution is -0.146. The molecule has 1 aliphatic heterocycles. The third-order valence-electron chi connectivity index (χ3n) is 2.26. The van der Waals surface area contributed by atoms with E-state index in [4.69, 9.17) is 9.84 Å². The molecule has 4 heteroatoms. The number of aliphatic hydroxyl groups is 1. The molecule has 14 heavy (non-hydrogen) atoms. The van der Waals surface area contributed by atoms with Crippen molar-refractivity contribution in [2.24, 2.45) is 0 Å². The van der Waals surface area contributed by atoms with Crippen LogP contribution in [-0.2, 0) is 11.2 Å². The lowest BCUT2D eigenvalue weighted by Crippen LogP contribution is -2.10. The van der Waals surface area contributed by atoms with Crippen LogP contribution in [0.5, 0.6) is 5.75 Å². The van der Waals surface area contributed by atoms with Gasteiger partial charge in [0.2, 0.25) is 0 Å². The normalized spacial score (nSPS) is 15.8. The first-order valence-electron chi connectivity index (χ1n) is 4.35. The zero-order chi connectivity index (χ0) is 10.1. The van der Waals surface area contributed by atoms with Crippen LogP contribution in [0.2, 0.25) is 0 Å². The SMILES string of the molecule is O=C(O)[C@H](O)c1ccc2c(c1)CCO2. The van der Waals surface area contributed by atoms with Gasteiger partial charge in [-0.3, -0.25) is 0 Å². The van der Waals surface area contributed by atoms with Crippen LogP contribution in [-0.4, -0.2) is 22.8 Å². The van der Waals surface area contributed by atoms with Crippen LogP contribution >= 0.6 is 0 Å². The molecule has 0 unspecified atom stereocenters. The Bertz CT molecular complexity index is 372. The molecule has 0 aliphatic carbocycles. The van der Waals surface area contributed by atoms with E-state index in [0.29, 0.717) is 12.2 Å². The number of carboxylic acid groups (broad SMARTS) is 1. The summed E-state index contributed by atoms with van der Waals surface area (Å²) in [6, 6.07) is 4.95. The van der Waals surface area contributed by atoms with E-state index in [1.165, 1.54) is 0 Å². The molecular weight excluding hydrogens is 184 g/mol. The minimum absolute atomic E-state index is 0.404. The van der Waals surface area contributed by atoms with Gasteiger partial charge in [0.25, 0.3) is 0 Å². The fourth-order valence-corrected chi connectivity index (χ4v) is 1.52. The van der Waals surface area contributed by atoms with Crippen LogP contribution < -0.4 is 4.74 Å². The van der Waals surface area contributed by atoms with Gasteiger partial charge in [-0.1, -0.05) is 6.07 Å². The first kappa shape index (κ1) is 9.02. The Morgan fingerprint density at radius 2 is 2.29 bits per heavy atom. The molecule has 0 spiro atoms. The standard InChI is InChI=1S/C10H10O4/c11-9(10(12)13)7-1-2-8-6(5-7)3-4-14-8/h1-2,5,9,11H,3-4H2,(H,12,13)/t9-/m1/s1. The molecule has 0 fully saturated rings. The number of hydrogen-bond donors (Lipinski definition) is 2. The number of aliphatic carboxylic acids is 1. The molecule has 1 aromatic carbocycles. The number of benzene rings is 1. The summed E-state index contributed by atoms with van der Waals surface area (Å²) < 4.78 is 5.26. The quantitative estimate of drug-likeness (QED) is 0.728. The maximum absolute atomic E-state index is 10.5. The number of hydrogen-bond acceptors (Lipinski definition) is 3. The lowest BCUT2D eigenvalue weighted by atomic mass is 10.0. The van der Waals surface area contributed by atoms with Crippen molar-refractivity contribution in [3.63, 3.8) is 0 Å². The van der Waals surface area contributed by atoms with Crippen molar-refractivity contribution in [1.82, 2.24) is 0 Å². The first-order chi connectivity index (χ1) is 6.68. The Hall–Kier alpha value is -1.55. The molecule has 0 saturated carbocycles. The van der Waals surface area contributed by atoms with Gasteiger partial charge in [-0.25, -0.2) is 4.79 Å². The van der Waals surface area contributed by atoms with Crippen LogP contribution in [0.4, 0.5) is 0 Å². The Kier molecular flexibility index (Phi) is 2.13. The minimum Gasteiger partial charge on any atom is -0.493 e. The molecule has 0 bridgehead atoms. The maximum atomic E-state index is 10.5. The van der Waals surface area contributed by atoms with Crippen molar-refractivity contribution in [3.05, 3.63) is 29.3 Å². The van der Waals surface area contributed by atoms with Gasteiger partial charge < -0.3 is 14.9 Å². The molecule has 1 aromatic rings. The van der Waals surface area contributed by atoms with Gasteiger partial charge in [0, 0.05) is 6.42 Å². The molecular formula is C10H10O4. The average Bonchev–Trinajstić information content (AvgIpc) is 2.62. The molecule has 0 radical (unpaired) electrons. The Balaban J connectivity index is 2.33. The van der Waals surface area contributed by atoms with Crippen molar-refractivity contribution in [2.75, 3.05) is 6.61 Å². The Labute approximate surface area is 80.7 Å². The topological polar surface area (TPSA) is 66.8 Å². The predicted octanol–water partition coefficient (Wildman–Crippen LogP) is 0.740. The van der Waals surface area contributed by atoms with Gasteiger partial charge in [-0.05, 0) is 23.3 Å². The van der Waals surface area contributed by atoms with E-state index >= 15 is 0 Å².